The summed E-state index contributed by atoms with van der Waals surface area (Å²) < 4.78 is 0. The molecular weight excluding hydrogens is 1410 g/mol. The Morgan fingerprint density at radius 2 is 0.596 bits per heavy atom. The SMILES string of the molecule is CCCCCCC1=CCC(c2ccc(-c3ccc(-c4cc(-c5ccc(-c6ccc(-c7ccc(CCCCCC)s7)s6)s5)c(-c5sc(-c6ccc(C7=CCC(c8ccc(CCCCCC)s8)S7)s6)cc5-c5ccc(-c6ccc(-c7ccc(CCCCCC)s7)s6)s5)s4)s3)s2)S1. The van der Waals surface area contributed by atoms with Gasteiger partial charge in [0.25, 0.3) is 0 Å². The first-order chi connectivity index (χ1) is 46.3. The standard InChI is InChI=1S/C80H82S14/c1-5-9-13-17-21-51-25-29-59(81-51)63-37-41-69(87-63)67-35-33-57(85-67)55-49-77(75-47-45-73(91-75)71-43-39-65(89-71)61-31-27-53(83-61)23-19-15-11-7-3)93-79(55)80-56(58-34-36-68(86-58)70-42-38-64(88-70)60-30-26-52(82-60)22-18-14-10-6-2)50-78(94-80)76-48-46-74(92-76)72-44-40-66(90-72)62-32-28-54(84-62)24-20-16-12-8-4/h25-31,33-38,40-50,62,65H,5-24,32,39H2,1-4H3. The molecule has 14 rings (SSSR count). The first-order valence-electron chi connectivity index (χ1n) is 34.3. The van der Waals surface area contributed by atoms with Crippen LogP contribution in [0.15, 0.2) is 151 Å². The van der Waals surface area contributed by atoms with Crippen molar-refractivity contribution in [2.75, 3.05) is 0 Å². The Bertz CT molecular complexity index is 4450. The quantitative estimate of drug-likeness (QED) is 0.0376. The van der Waals surface area contributed by atoms with E-state index in [0.717, 1.165) is 12.8 Å². The molecule has 0 saturated carbocycles. The van der Waals surface area contributed by atoms with Crippen LogP contribution < -0.4 is 0 Å². The second kappa shape index (κ2) is 32.7. The van der Waals surface area contributed by atoms with Crippen molar-refractivity contribution in [1.82, 2.24) is 0 Å². The van der Waals surface area contributed by atoms with E-state index in [4.69, 9.17) is 0 Å². The molecule has 0 nitrogen and oxygen atoms in total. The zero-order valence-corrected chi connectivity index (χ0v) is 65.7. The number of thioether (sulfide) groups is 2. The van der Waals surface area contributed by atoms with Crippen molar-refractivity contribution >= 4 is 164 Å². The number of hydrogen-bond acceptors (Lipinski definition) is 14. The number of aryl methyl sites for hydroxylation is 3. The third kappa shape index (κ3) is 16.2. The fourth-order valence-electron chi connectivity index (χ4n) is 12.6. The molecule has 2 atom stereocenters. The summed E-state index contributed by atoms with van der Waals surface area (Å²) in [6.45, 7) is 9.22. The first-order valence-corrected chi connectivity index (χ1v) is 45.9. The minimum atomic E-state index is 0.504. The van der Waals surface area contributed by atoms with Gasteiger partial charge >= 0.3 is 0 Å². The van der Waals surface area contributed by atoms with E-state index in [1.807, 2.05) is 125 Å². The summed E-state index contributed by atoms with van der Waals surface area (Å²) in [5.41, 5.74) is 2.70. The number of rotatable bonds is 33. The molecule has 14 heteroatoms. The zero-order chi connectivity index (χ0) is 63.7. The van der Waals surface area contributed by atoms with Gasteiger partial charge in [-0.25, -0.2) is 0 Å². The Morgan fingerprint density at radius 3 is 1.09 bits per heavy atom. The van der Waals surface area contributed by atoms with Crippen molar-refractivity contribution in [2.24, 2.45) is 0 Å². The summed E-state index contributed by atoms with van der Waals surface area (Å²) in [5, 5.41) is 1.05. The molecule has 2 unspecified atom stereocenters. The fraction of sp³-hybridized carbons (Fsp3) is 0.350. The highest BCUT2D eigenvalue weighted by Crippen LogP contribution is 2.58. The molecule has 2 aliphatic rings. The minimum Gasteiger partial charge on any atom is -0.144 e. The lowest BCUT2D eigenvalue weighted by Gasteiger charge is -2.07. The van der Waals surface area contributed by atoms with Crippen LogP contribution in [0.25, 0.3) is 104 Å². The van der Waals surface area contributed by atoms with Crippen LogP contribution in [0.2, 0.25) is 0 Å². The van der Waals surface area contributed by atoms with Gasteiger partial charge in [-0.3, -0.25) is 0 Å². The largest absolute Gasteiger partial charge is 0.144 e. The number of unbranched alkanes of at least 4 members (excludes halogenated alkanes) is 12. The molecule has 0 amide bonds. The van der Waals surface area contributed by atoms with Crippen molar-refractivity contribution in [2.45, 2.75) is 179 Å². The average molecular weight is 1490 g/mol. The predicted octanol–water partition coefficient (Wildman–Crippen LogP) is 32.7. The third-order valence-electron chi connectivity index (χ3n) is 17.8. The summed E-state index contributed by atoms with van der Waals surface area (Å²) >= 11 is 28.1. The third-order valence-corrected chi connectivity index (χ3v) is 36.2. The lowest BCUT2D eigenvalue weighted by atomic mass is 10.1. The van der Waals surface area contributed by atoms with Crippen LogP contribution in [0, 0.1) is 0 Å². The normalized spacial score (nSPS) is 15.0. The van der Waals surface area contributed by atoms with Gasteiger partial charge in [0, 0.05) is 134 Å². The first kappa shape index (κ1) is 67.7. The topological polar surface area (TPSA) is 0 Å². The predicted molar refractivity (Wildman–Crippen MR) is 440 cm³/mol. The van der Waals surface area contributed by atoms with Crippen molar-refractivity contribution in [1.29, 1.82) is 0 Å². The van der Waals surface area contributed by atoms with Gasteiger partial charge in [0.2, 0.25) is 0 Å². The maximum Gasteiger partial charge on any atom is 0.0542 e. The van der Waals surface area contributed by atoms with Crippen LogP contribution >= 0.6 is 160 Å². The molecular formula is C80H82S14. The summed E-state index contributed by atoms with van der Waals surface area (Å²) in [4.78, 5) is 36.6. The van der Waals surface area contributed by atoms with Crippen LogP contribution in [0.5, 0.6) is 0 Å². The van der Waals surface area contributed by atoms with Crippen LogP contribution in [-0.4, -0.2) is 0 Å². The van der Waals surface area contributed by atoms with Crippen LogP contribution in [-0.2, 0) is 19.3 Å². The Kier molecular flexibility index (Phi) is 23.6. The molecule has 0 aromatic carbocycles. The van der Waals surface area contributed by atoms with E-state index in [1.165, 1.54) is 257 Å². The van der Waals surface area contributed by atoms with E-state index >= 15 is 0 Å². The van der Waals surface area contributed by atoms with Crippen LogP contribution in [0.1, 0.15) is 189 Å². The van der Waals surface area contributed by atoms with Crippen molar-refractivity contribution in [3.05, 3.63) is 180 Å². The zero-order valence-electron chi connectivity index (χ0n) is 54.3. The maximum absolute atomic E-state index is 2.56. The summed E-state index contributed by atoms with van der Waals surface area (Å²) in [5.74, 6) is 0. The van der Waals surface area contributed by atoms with Gasteiger partial charge in [-0.1, -0.05) is 117 Å². The second-order valence-corrected chi connectivity index (χ2v) is 40.7. The number of hydrogen-bond donors (Lipinski definition) is 0. The van der Waals surface area contributed by atoms with E-state index in [-0.39, 0.29) is 0 Å². The van der Waals surface area contributed by atoms with Gasteiger partial charge in [0.15, 0.2) is 0 Å². The molecule has 0 spiro atoms. The Hall–Kier alpha value is -3.42. The minimum absolute atomic E-state index is 0.504. The molecule has 486 valence electrons. The van der Waals surface area contributed by atoms with Crippen LogP contribution in [0.4, 0.5) is 0 Å². The molecule has 14 heterocycles. The van der Waals surface area contributed by atoms with Gasteiger partial charge in [-0.15, -0.1) is 160 Å². The number of allylic oxidation sites excluding steroid dienone is 3. The monoisotopic (exact) mass is 1490 g/mol. The van der Waals surface area contributed by atoms with E-state index in [0.29, 0.717) is 10.5 Å². The van der Waals surface area contributed by atoms with Gasteiger partial charge < -0.3 is 0 Å². The van der Waals surface area contributed by atoms with E-state index in [9.17, 15) is 0 Å². The molecule has 0 saturated heterocycles. The molecule has 12 aromatic heterocycles. The van der Waals surface area contributed by atoms with Gasteiger partial charge in [0.1, 0.15) is 0 Å². The van der Waals surface area contributed by atoms with Crippen molar-refractivity contribution in [3.8, 4) is 98.9 Å². The highest BCUT2D eigenvalue weighted by atomic mass is 32.2. The van der Waals surface area contributed by atoms with Gasteiger partial charge in [-0.05, 0) is 203 Å². The van der Waals surface area contributed by atoms with Gasteiger partial charge in [0.05, 0.1) is 9.75 Å². The molecule has 12 aromatic rings. The Balaban J connectivity index is 0.801. The van der Waals surface area contributed by atoms with Crippen molar-refractivity contribution in [3.63, 3.8) is 0 Å². The smallest absolute Gasteiger partial charge is 0.0542 e. The maximum atomic E-state index is 2.56. The number of thiophene rings is 12. The molecule has 0 N–H and O–H groups in total. The lowest BCUT2D eigenvalue weighted by Crippen LogP contribution is -1.83. The molecule has 0 aliphatic carbocycles. The highest BCUT2D eigenvalue weighted by molar-refractivity contribution is 8.09. The van der Waals surface area contributed by atoms with E-state index in [1.54, 1.807) is 9.78 Å². The van der Waals surface area contributed by atoms with Crippen molar-refractivity contribution < 1.29 is 0 Å². The molecule has 2 aliphatic heterocycles. The molecule has 0 radical (unpaired) electrons. The molecule has 0 bridgehead atoms. The highest BCUT2D eigenvalue weighted by Gasteiger charge is 2.28. The summed E-state index contributed by atoms with van der Waals surface area (Å²) in [6, 6.07) is 53.1. The van der Waals surface area contributed by atoms with E-state index in [2.05, 4.69) is 208 Å². The molecule has 0 fully saturated rings. The lowest BCUT2D eigenvalue weighted by molar-refractivity contribution is 0.670. The summed E-state index contributed by atoms with van der Waals surface area (Å²) in [7, 11) is 0. The Labute approximate surface area is 615 Å². The van der Waals surface area contributed by atoms with E-state index < -0.39 is 0 Å². The summed E-state index contributed by atoms with van der Waals surface area (Å²) in [6.07, 6.45) is 33.2. The van der Waals surface area contributed by atoms with Gasteiger partial charge in [-0.2, -0.15) is 0 Å². The Morgan fingerprint density at radius 1 is 0.266 bits per heavy atom. The second-order valence-electron chi connectivity index (χ2n) is 24.9. The van der Waals surface area contributed by atoms with Crippen LogP contribution in [0.3, 0.4) is 0 Å². The average Bonchev–Trinajstić information content (AvgIpc) is 1.62. The fourth-order valence-corrected chi connectivity index (χ4v) is 29.1. The molecule has 94 heavy (non-hydrogen) atoms.